The molecule has 1 aromatic carbocycles. The number of benzene rings is 1. The molecule has 0 bridgehead atoms. The van der Waals surface area contributed by atoms with E-state index in [9.17, 15) is 34.1 Å². The second kappa shape index (κ2) is 15.5. The van der Waals surface area contributed by atoms with E-state index in [2.05, 4.69) is 26.6 Å². The van der Waals surface area contributed by atoms with Crippen LogP contribution in [0.5, 0.6) is 5.75 Å². The number of carbonyl (C=O) groups is 5. The van der Waals surface area contributed by atoms with Crippen molar-refractivity contribution in [1.29, 1.82) is 0 Å². The molecule has 0 saturated heterocycles. The summed E-state index contributed by atoms with van der Waals surface area (Å²) in [6.45, 7) is 0. The maximum absolute atomic E-state index is 11.8. The van der Waals surface area contributed by atoms with Crippen LogP contribution < -0.4 is 37.1 Å². The van der Waals surface area contributed by atoms with Crippen LogP contribution in [0.25, 0.3) is 0 Å². The lowest BCUT2D eigenvalue weighted by molar-refractivity contribution is -0.384. The van der Waals surface area contributed by atoms with Crippen molar-refractivity contribution in [2.45, 2.75) is 24.9 Å². The van der Waals surface area contributed by atoms with E-state index in [1.165, 1.54) is 52.5 Å². The number of nitro benzene ring substituents is 1. The molecule has 0 aliphatic heterocycles. The van der Waals surface area contributed by atoms with Gasteiger partial charge in [0, 0.05) is 40.3 Å². The van der Waals surface area contributed by atoms with Crippen LogP contribution in [0, 0.1) is 10.1 Å². The Morgan fingerprint density at radius 1 is 0.882 bits per heavy atom. The summed E-state index contributed by atoms with van der Waals surface area (Å²) >= 11 is 0. The van der Waals surface area contributed by atoms with Crippen molar-refractivity contribution >= 4 is 35.4 Å². The lowest BCUT2D eigenvalue weighted by Gasteiger charge is -2.16. The van der Waals surface area contributed by atoms with Gasteiger partial charge in [0.25, 0.3) is 5.69 Å². The van der Waals surface area contributed by atoms with Gasteiger partial charge in [-0.1, -0.05) is 0 Å². The molecule has 2 unspecified atom stereocenters. The number of hydrogen-bond acceptors (Lipinski definition) is 9. The number of ether oxygens (including phenoxy) is 1. The van der Waals surface area contributed by atoms with Gasteiger partial charge in [-0.05, 0) is 12.1 Å². The number of nitrogens with zero attached hydrogens (tertiary/aromatic N) is 1. The van der Waals surface area contributed by atoms with Gasteiger partial charge in [-0.15, -0.1) is 0 Å². The number of non-ortho nitro benzene ring substituents is 1. The van der Waals surface area contributed by atoms with Crippen molar-refractivity contribution in [1.82, 2.24) is 26.6 Å². The first-order valence-corrected chi connectivity index (χ1v) is 9.81. The lowest BCUT2D eigenvalue weighted by Crippen LogP contribution is -2.48. The Morgan fingerprint density at radius 2 is 1.38 bits per heavy atom. The Kier molecular flexibility index (Phi) is 13.6. The van der Waals surface area contributed by atoms with Gasteiger partial charge in [0.1, 0.15) is 11.8 Å². The van der Waals surface area contributed by atoms with Crippen molar-refractivity contribution < 1.29 is 33.6 Å². The van der Waals surface area contributed by atoms with Crippen molar-refractivity contribution in [3.63, 3.8) is 0 Å². The third-order valence-electron chi connectivity index (χ3n) is 4.05. The lowest BCUT2D eigenvalue weighted by atomic mass is 10.2. The number of rotatable bonds is 9. The van der Waals surface area contributed by atoms with E-state index < -0.39 is 34.9 Å². The maximum atomic E-state index is 11.8. The number of nitrogens with two attached hydrogens (primary N) is 1. The fourth-order valence-corrected chi connectivity index (χ4v) is 2.17. The molecule has 1 rings (SSSR count). The topological polar surface area (TPSA) is 224 Å². The van der Waals surface area contributed by atoms with Gasteiger partial charge in [-0.2, -0.15) is 0 Å². The quantitative estimate of drug-likeness (QED) is 0.171. The average molecular weight is 483 g/mol. The van der Waals surface area contributed by atoms with Crippen LogP contribution in [0.15, 0.2) is 24.3 Å². The van der Waals surface area contributed by atoms with Crippen LogP contribution in [0.2, 0.25) is 0 Å². The molecule has 0 heterocycles. The minimum atomic E-state index is -1.11. The predicted molar refractivity (Wildman–Crippen MR) is 120 cm³/mol. The molecule has 0 fully saturated rings. The van der Waals surface area contributed by atoms with Gasteiger partial charge in [-0.3, -0.25) is 29.3 Å². The molecule has 0 radical (unpaired) electrons. The van der Waals surface area contributed by atoms with Gasteiger partial charge in [0.2, 0.25) is 23.6 Å². The standard InChI is InChI=1S/C13H16N4O6.C6H13N3O2/c1-14-11(18)7-10(12(19)15-2)16-13(20)23-9-5-3-8(4-6-9)17(21)22;1-8-5(10)3-4(7)6(11)9-2/h3-6,10H,7H2,1-2H3,(H,14,18)(H,15,19)(H,16,20);4H,3,7H2,1-2H3,(H,8,10)(H,9,11). The summed E-state index contributed by atoms with van der Waals surface area (Å²) in [4.78, 5) is 66.1. The first-order chi connectivity index (χ1) is 16.0. The van der Waals surface area contributed by atoms with Gasteiger partial charge in [0.15, 0.2) is 0 Å². The van der Waals surface area contributed by atoms with Crippen LogP contribution in [-0.4, -0.2) is 74.9 Å². The fourth-order valence-electron chi connectivity index (χ4n) is 2.17. The minimum absolute atomic E-state index is 0.0240. The average Bonchev–Trinajstić information content (AvgIpc) is 2.82. The molecule has 0 aliphatic carbocycles. The monoisotopic (exact) mass is 483 g/mol. The molecule has 34 heavy (non-hydrogen) atoms. The third kappa shape index (κ3) is 11.4. The van der Waals surface area contributed by atoms with Gasteiger partial charge >= 0.3 is 6.09 Å². The Hall–Kier alpha value is -4.27. The van der Waals surface area contributed by atoms with E-state index >= 15 is 0 Å². The zero-order chi connectivity index (χ0) is 26.3. The van der Waals surface area contributed by atoms with E-state index in [0.29, 0.717) is 0 Å². The number of hydrogen-bond donors (Lipinski definition) is 6. The molecule has 0 aliphatic rings. The molecule has 15 nitrogen and oxygen atoms in total. The van der Waals surface area contributed by atoms with Gasteiger partial charge < -0.3 is 37.1 Å². The van der Waals surface area contributed by atoms with E-state index in [-0.39, 0.29) is 36.1 Å². The van der Waals surface area contributed by atoms with E-state index in [0.717, 1.165) is 0 Å². The minimum Gasteiger partial charge on any atom is -0.410 e. The second-order valence-electron chi connectivity index (χ2n) is 6.43. The normalized spacial score (nSPS) is 11.3. The number of nitrogens with one attached hydrogen (secondary N) is 5. The summed E-state index contributed by atoms with van der Waals surface area (Å²) < 4.78 is 4.91. The zero-order valence-corrected chi connectivity index (χ0v) is 19.2. The number of amides is 5. The molecule has 5 amide bonds. The van der Waals surface area contributed by atoms with Crippen LogP contribution in [0.1, 0.15) is 12.8 Å². The molecular weight excluding hydrogens is 454 g/mol. The van der Waals surface area contributed by atoms with Crippen LogP contribution in [0.3, 0.4) is 0 Å². The zero-order valence-electron chi connectivity index (χ0n) is 19.2. The summed E-state index contributed by atoms with van der Waals surface area (Å²) in [6, 6.07) is 2.97. The summed E-state index contributed by atoms with van der Waals surface area (Å²) in [6.07, 6.45) is -1.20. The molecule has 0 saturated carbocycles. The molecule has 7 N–H and O–H groups in total. The second-order valence-corrected chi connectivity index (χ2v) is 6.43. The summed E-state index contributed by atoms with van der Waals surface area (Å²) in [5.74, 6) is -1.50. The van der Waals surface area contributed by atoms with Crippen LogP contribution in [0.4, 0.5) is 10.5 Å². The number of carbonyl (C=O) groups excluding carboxylic acids is 5. The van der Waals surface area contributed by atoms with Gasteiger partial charge in [0.05, 0.1) is 23.8 Å². The highest BCUT2D eigenvalue weighted by Crippen LogP contribution is 2.17. The molecule has 15 heteroatoms. The van der Waals surface area contributed by atoms with Gasteiger partial charge in [-0.25, -0.2) is 4.79 Å². The Morgan fingerprint density at radius 3 is 1.82 bits per heavy atom. The number of likely N-dealkylation sites (N-methyl/N-ethyl adjacent to an activating group) is 2. The highest BCUT2D eigenvalue weighted by atomic mass is 16.6. The van der Waals surface area contributed by atoms with Crippen molar-refractivity contribution in [2.75, 3.05) is 28.2 Å². The molecular formula is C19H29N7O8. The smallest absolute Gasteiger partial charge is 0.410 e. The predicted octanol–water partition coefficient (Wildman–Crippen LogP) is -1.87. The van der Waals surface area contributed by atoms with Crippen molar-refractivity contribution in [3.05, 3.63) is 34.4 Å². The Labute approximate surface area is 195 Å². The SMILES string of the molecule is CNC(=O)CC(N)C(=O)NC.CNC(=O)CC(NC(=O)Oc1ccc([N+](=O)[O-])cc1)C(=O)NC. The highest BCUT2D eigenvalue weighted by Gasteiger charge is 2.23. The van der Waals surface area contributed by atoms with Crippen molar-refractivity contribution in [2.24, 2.45) is 5.73 Å². The van der Waals surface area contributed by atoms with Crippen LogP contribution >= 0.6 is 0 Å². The first kappa shape index (κ1) is 29.7. The number of nitro groups is 1. The van der Waals surface area contributed by atoms with E-state index in [1.807, 2.05) is 0 Å². The largest absolute Gasteiger partial charge is 0.413 e. The van der Waals surface area contributed by atoms with Crippen LogP contribution in [-0.2, 0) is 19.2 Å². The van der Waals surface area contributed by atoms with E-state index in [1.54, 1.807) is 0 Å². The molecule has 1 aromatic rings. The maximum Gasteiger partial charge on any atom is 0.413 e. The molecule has 2 atom stereocenters. The fraction of sp³-hybridized carbons (Fsp3) is 0.421. The Bertz CT molecular complexity index is 876. The molecule has 0 spiro atoms. The first-order valence-electron chi connectivity index (χ1n) is 9.81. The van der Waals surface area contributed by atoms with Crippen molar-refractivity contribution in [3.8, 4) is 5.75 Å². The third-order valence-corrected chi connectivity index (χ3v) is 4.05. The highest BCUT2D eigenvalue weighted by molar-refractivity contribution is 5.91. The molecule has 188 valence electrons. The Balaban J connectivity index is 0.000000833. The molecule has 0 aromatic heterocycles. The summed E-state index contributed by atoms with van der Waals surface area (Å²) in [5, 5.41) is 22.2. The van der Waals surface area contributed by atoms with E-state index in [4.69, 9.17) is 10.5 Å². The summed E-state index contributed by atoms with van der Waals surface area (Å²) in [7, 11) is 5.74. The summed E-state index contributed by atoms with van der Waals surface area (Å²) in [5.41, 5.74) is 5.18.